The molecule has 196 valence electrons. The molecule has 0 radical (unpaired) electrons. The molecule has 0 spiro atoms. The normalized spacial score (nSPS) is 12.6. The van der Waals surface area contributed by atoms with Crippen molar-refractivity contribution < 1.29 is 9.59 Å². The Morgan fingerprint density at radius 3 is 2.32 bits per heavy atom. The van der Waals surface area contributed by atoms with E-state index in [1.807, 2.05) is 81.4 Å². The number of thioether (sulfide) groups is 1. The number of hydrogen-bond acceptors (Lipinski definition) is 3. The summed E-state index contributed by atoms with van der Waals surface area (Å²) < 4.78 is 0. The van der Waals surface area contributed by atoms with E-state index in [1.54, 1.807) is 17.0 Å². The minimum atomic E-state index is -0.634. The van der Waals surface area contributed by atoms with Gasteiger partial charge in [-0.25, -0.2) is 0 Å². The van der Waals surface area contributed by atoms with E-state index in [0.29, 0.717) is 28.8 Å². The molecule has 0 saturated heterocycles. The van der Waals surface area contributed by atoms with Crippen molar-refractivity contribution in [3.8, 4) is 0 Å². The molecule has 3 rings (SSSR count). The van der Waals surface area contributed by atoms with Crippen molar-refractivity contribution in [1.82, 2.24) is 10.2 Å². The maximum Gasteiger partial charge on any atom is 0.243 e. The number of rotatable bonds is 12. The lowest BCUT2D eigenvalue weighted by Crippen LogP contribution is -2.52. The number of carbonyl (C=O) groups is 2. The lowest BCUT2D eigenvalue weighted by atomic mass is 10.0. The van der Waals surface area contributed by atoms with Crippen LogP contribution in [0.15, 0.2) is 72.8 Å². The molecule has 0 aliphatic heterocycles. The molecular formula is C30H34Cl2N2O2S. The Labute approximate surface area is 234 Å². The smallest absolute Gasteiger partial charge is 0.243 e. The first kappa shape index (κ1) is 29.1. The molecule has 2 atom stereocenters. The van der Waals surface area contributed by atoms with Gasteiger partial charge in [0.05, 0.1) is 5.75 Å². The van der Waals surface area contributed by atoms with E-state index >= 15 is 0 Å². The second-order valence-electron chi connectivity index (χ2n) is 9.26. The molecule has 3 aromatic carbocycles. The van der Waals surface area contributed by atoms with Gasteiger partial charge in [0.1, 0.15) is 6.04 Å². The van der Waals surface area contributed by atoms with Crippen LogP contribution in [0.2, 0.25) is 10.0 Å². The number of hydrogen-bond donors (Lipinski definition) is 1. The zero-order chi connectivity index (χ0) is 26.8. The van der Waals surface area contributed by atoms with Crippen LogP contribution < -0.4 is 5.32 Å². The minimum absolute atomic E-state index is 0.0171. The van der Waals surface area contributed by atoms with Gasteiger partial charge in [0.25, 0.3) is 0 Å². The predicted molar refractivity (Wildman–Crippen MR) is 156 cm³/mol. The molecule has 0 heterocycles. The van der Waals surface area contributed by atoms with Crippen molar-refractivity contribution in [1.29, 1.82) is 0 Å². The van der Waals surface area contributed by atoms with Gasteiger partial charge in [-0.3, -0.25) is 9.59 Å². The van der Waals surface area contributed by atoms with Gasteiger partial charge >= 0.3 is 0 Å². The summed E-state index contributed by atoms with van der Waals surface area (Å²) in [5, 5.41) is 4.27. The van der Waals surface area contributed by atoms with Gasteiger partial charge in [-0.1, -0.05) is 96.4 Å². The number of amides is 2. The van der Waals surface area contributed by atoms with Crippen molar-refractivity contribution in [2.75, 3.05) is 5.75 Å². The van der Waals surface area contributed by atoms with E-state index in [0.717, 1.165) is 28.7 Å². The Morgan fingerprint density at radius 2 is 1.68 bits per heavy atom. The van der Waals surface area contributed by atoms with Crippen LogP contribution in [0.4, 0.5) is 0 Å². The quantitative estimate of drug-likeness (QED) is 0.259. The zero-order valence-corrected chi connectivity index (χ0v) is 23.9. The van der Waals surface area contributed by atoms with E-state index in [-0.39, 0.29) is 23.6 Å². The zero-order valence-electron chi connectivity index (χ0n) is 21.5. The molecule has 0 unspecified atom stereocenters. The number of halogens is 2. The Hall–Kier alpha value is -2.47. The summed E-state index contributed by atoms with van der Waals surface area (Å²) in [6, 6.07) is 22.7. The van der Waals surface area contributed by atoms with E-state index < -0.39 is 6.04 Å². The molecule has 1 N–H and O–H groups in total. The second kappa shape index (κ2) is 14.5. The van der Waals surface area contributed by atoms with Crippen molar-refractivity contribution in [2.45, 2.75) is 58.0 Å². The van der Waals surface area contributed by atoms with E-state index in [2.05, 4.69) is 5.32 Å². The van der Waals surface area contributed by atoms with E-state index in [4.69, 9.17) is 23.2 Å². The van der Waals surface area contributed by atoms with Crippen molar-refractivity contribution in [2.24, 2.45) is 0 Å². The predicted octanol–water partition coefficient (Wildman–Crippen LogP) is 7.09. The average Bonchev–Trinajstić information content (AvgIpc) is 2.88. The summed E-state index contributed by atoms with van der Waals surface area (Å²) in [5.41, 5.74) is 4.06. The summed E-state index contributed by atoms with van der Waals surface area (Å²) in [7, 11) is 0. The highest BCUT2D eigenvalue weighted by Gasteiger charge is 2.30. The van der Waals surface area contributed by atoms with E-state index in [1.165, 1.54) is 11.8 Å². The third-order valence-electron chi connectivity index (χ3n) is 6.24. The van der Waals surface area contributed by atoms with Crippen LogP contribution in [0.1, 0.15) is 42.5 Å². The highest BCUT2D eigenvalue weighted by atomic mass is 35.5. The number of benzene rings is 3. The van der Waals surface area contributed by atoms with Gasteiger partial charge in [-0.15, -0.1) is 11.8 Å². The van der Waals surface area contributed by atoms with Crippen LogP contribution in [0.3, 0.4) is 0 Å². The van der Waals surface area contributed by atoms with Gasteiger partial charge in [0.2, 0.25) is 11.8 Å². The van der Waals surface area contributed by atoms with Crippen LogP contribution >= 0.6 is 35.0 Å². The first-order chi connectivity index (χ1) is 17.8. The van der Waals surface area contributed by atoms with Crippen LogP contribution in [0.25, 0.3) is 0 Å². The molecule has 0 fully saturated rings. The summed E-state index contributed by atoms with van der Waals surface area (Å²) in [6.07, 6.45) is 1.25. The van der Waals surface area contributed by atoms with Gasteiger partial charge in [0, 0.05) is 34.8 Å². The van der Waals surface area contributed by atoms with Crippen molar-refractivity contribution >= 4 is 46.8 Å². The third kappa shape index (κ3) is 9.10. The monoisotopic (exact) mass is 556 g/mol. The Morgan fingerprint density at radius 1 is 0.973 bits per heavy atom. The molecule has 0 aliphatic rings. The summed E-state index contributed by atoms with van der Waals surface area (Å²) in [4.78, 5) is 29.0. The second-order valence-corrected chi connectivity index (χ2v) is 11.1. The molecule has 4 nitrogen and oxygen atoms in total. The largest absolute Gasteiger partial charge is 0.352 e. The first-order valence-corrected chi connectivity index (χ1v) is 14.4. The van der Waals surface area contributed by atoms with Crippen molar-refractivity contribution in [3.63, 3.8) is 0 Å². The van der Waals surface area contributed by atoms with Gasteiger partial charge in [-0.2, -0.15) is 0 Å². The fraction of sp³-hybridized carbons (Fsp3) is 0.333. The van der Waals surface area contributed by atoms with Crippen molar-refractivity contribution in [3.05, 3.63) is 105 Å². The third-order valence-corrected chi connectivity index (χ3v) is 7.80. The number of aryl methyl sites for hydroxylation is 1. The van der Waals surface area contributed by atoms with Crippen LogP contribution in [0.5, 0.6) is 0 Å². The molecule has 0 aromatic heterocycles. The standard InChI is InChI=1S/C30H34Cl2N2O2S/c1-4-22(3)33-30(36)28(16-23-8-6-5-7-9-23)34(18-24-12-10-21(2)11-13-24)29(35)20-37-19-25-14-15-26(31)17-27(25)32/h5-15,17,22,28H,4,16,18-20H2,1-3H3,(H,33,36)/t22-,28+/m0/s1. The minimum Gasteiger partial charge on any atom is -0.352 e. The molecule has 3 aromatic rings. The fourth-order valence-corrected chi connectivity index (χ4v) is 5.32. The summed E-state index contributed by atoms with van der Waals surface area (Å²) in [6.45, 7) is 6.40. The molecule has 37 heavy (non-hydrogen) atoms. The Kier molecular flexibility index (Phi) is 11.4. The number of nitrogens with zero attached hydrogens (tertiary/aromatic N) is 1. The Balaban J connectivity index is 1.85. The number of nitrogens with one attached hydrogen (secondary N) is 1. The molecular weight excluding hydrogens is 523 g/mol. The lowest BCUT2D eigenvalue weighted by Gasteiger charge is -2.32. The first-order valence-electron chi connectivity index (χ1n) is 12.5. The Bertz CT molecular complexity index is 1170. The highest BCUT2D eigenvalue weighted by Crippen LogP contribution is 2.25. The topological polar surface area (TPSA) is 49.4 Å². The summed E-state index contributed by atoms with van der Waals surface area (Å²) in [5.74, 6) is 0.579. The SMILES string of the molecule is CC[C@H](C)NC(=O)[C@@H](Cc1ccccc1)N(Cc1ccc(C)cc1)C(=O)CSCc1ccc(Cl)cc1Cl. The molecule has 2 amide bonds. The molecule has 7 heteroatoms. The molecule has 0 bridgehead atoms. The van der Waals surface area contributed by atoms with E-state index in [9.17, 15) is 9.59 Å². The molecule has 0 aliphatic carbocycles. The maximum absolute atomic E-state index is 13.7. The highest BCUT2D eigenvalue weighted by molar-refractivity contribution is 7.99. The van der Waals surface area contributed by atoms with Crippen LogP contribution in [-0.2, 0) is 28.3 Å². The molecule has 0 saturated carbocycles. The van der Waals surface area contributed by atoms with Gasteiger partial charge in [-0.05, 0) is 49.1 Å². The van der Waals surface area contributed by atoms with Crippen LogP contribution in [0, 0.1) is 6.92 Å². The summed E-state index contributed by atoms with van der Waals surface area (Å²) >= 11 is 13.8. The van der Waals surface area contributed by atoms with Gasteiger partial charge < -0.3 is 10.2 Å². The maximum atomic E-state index is 13.7. The lowest BCUT2D eigenvalue weighted by molar-refractivity contribution is -0.139. The van der Waals surface area contributed by atoms with Crippen LogP contribution in [-0.4, -0.2) is 34.6 Å². The fourth-order valence-electron chi connectivity index (χ4n) is 3.86. The van der Waals surface area contributed by atoms with Gasteiger partial charge in [0.15, 0.2) is 0 Å². The number of carbonyl (C=O) groups excluding carboxylic acids is 2. The average molecular weight is 558 g/mol.